The average Bonchev–Trinajstić information content (AvgIpc) is 2.87. The number of hydrogen-bond donors (Lipinski definition) is 1. The lowest BCUT2D eigenvalue weighted by Gasteiger charge is -2.10. The minimum atomic E-state index is 0.0204. The summed E-state index contributed by atoms with van der Waals surface area (Å²) in [5, 5.41) is 4.25. The number of amides is 1. The second-order valence-electron chi connectivity index (χ2n) is 5.01. The Hall–Kier alpha value is -2.14. The van der Waals surface area contributed by atoms with E-state index in [4.69, 9.17) is 5.73 Å². The van der Waals surface area contributed by atoms with Crippen LogP contribution in [-0.2, 0) is 17.9 Å². The van der Waals surface area contributed by atoms with Crippen molar-refractivity contribution in [2.45, 2.75) is 20.0 Å². The molecule has 0 fully saturated rings. The molecule has 2 aromatic rings. The van der Waals surface area contributed by atoms with Crippen LogP contribution in [0.5, 0.6) is 0 Å². The second-order valence-corrected chi connectivity index (χ2v) is 5.01. The van der Waals surface area contributed by atoms with Gasteiger partial charge in [-0.15, -0.1) is 0 Å². The number of benzene rings is 1. The summed E-state index contributed by atoms with van der Waals surface area (Å²) in [6.07, 6.45) is 3.68. The van der Waals surface area contributed by atoms with Crippen molar-refractivity contribution in [2.24, 2.45) is 5.73 Å². The van der Waals surface area contributed by atoms with Gasteiger partial charge in [-0.25, -0.2) is 0 Å². The standard InChI is InChI=1S/C15H20N4O/c1-11-12(7-16)5-4-6-14(11)13-8-17-19(9-13)10-15(20)18(2)3/h4-6,8-9H,7,10,16H2,1-3H3. The molecule has 2 N–H and O–H groups in total. The summed E-state index contributed by atoms with van der Waals surface area (Å²) in [4.78, 5) is 13.2. The van der Waals surface area contributed by atoms with Gasteiger partial charge in [0, 0.05) is 32.4 Å². The molecule has 1 aromatic carbocycles. The Balaban J connectivity index is 2.27. The quantitative estimate of drug-likeness (QED) is 0.915. The number of aromatic nitrogens is 2. The maximum absolute atomic E-state index is 11.7. The molecule has 1 aromatic heterocycles. The van der Waals surface area contributed by atoms with Crippen LogP contribution in [0.3, 0.4) is 0 Å². The van der Waals surface area contributed by atoms with Crippen LogP contribution in [-0.4, -0.2) is 34.7 Å². The Kier molecular flexibility index (Phi) is 4.20. The predicted molar refractivity (Wildman–Crippen MR) is 79.0 cm³/mol. The van der Waals surface area contributed by atoms with Gasteiger partial charge in [-0.05, 0) is 23.6 Å². The Morgan fingerprint density at radius 1 is 1.40 bits per heavy atom. The minimum absolute atomic E-state index is 0.0204. The van der Waals surface area contributed by atoms with E-state index in [1.54, 1.807) is 29.9 Å². The molecule has 0 saturated carbocycles. The van der Waals surface area contributed by atoms with Gasteiger partial charge in [0.15, 0.2) is 0 Å². The van der Waals surface area contributed by atoms with Gasteiger partial charge in [0.05, 0.1) is 6.20 Å². The van der Waals surface area contributed by atoms with E-state index in [1.807, 2.05) is 24.4 Å². The highest BCUT2D eigenvalue weighted by atomic mass is 16.2. The van der Waals surface area contributed by atoms with Crippen molar-refractivity contribution < 1.29 is 4.79 Å². The van der Waals surface area contributed by atoms with E-state index in [1.165, 1.54) is 0 Å². The number of likely N-dealkylation sites (N-methyl/N-ethyl adjacent to an activating group) is 1. The highest BCUT2D eigenvalue weighted by Crippen LogP contribution is 2.25. The van der Waals surface area contributed by atoms with Crippen molar-refractivity contribution in [2.75, 3.05) is 14.1 Å². The predicted octanol–water partition coefficient (Wildman–Crippen LogP) is 1.41. The molecule has 0 unspecified atom stereocenters. The van der Waals surface area contributed by atoms with Crippen molar-refractivity contribution in [3.8, 4) is 11.1 Å². The smallest absolute Gasteiger partial charge is 0.243 e. The molecule has 0 atom stereocenters. The number of nitrogens with zero attached hydrogens (tertiary/aromatic N) is 3. The molecule has 0 spiro atoms. The van der Waals surface area contributed by atoms with Crippen LogP contribution in [0.4, 0.5) is 0 Å². The highest BCUT2D eigenvalue weighted by molar-refractivity contribution is 5.75. The van der Waals surface area contributed by atoms with Gasteiger partial charge in [0.1, 0.15) is 6.54 Å². The van der Waals surface area contributed by atoms with Crippen molar-refractivity contribution >= 4 is 5.91 Å². The van der Waals surface area contributed by atoms with Crippen LogP contribution in [0.25, 0.3) is 11.1 Å². The van der Waals surface area contributed by atoms with Gasteiger partial charge < -0.3 is 10.6 Å². The Morgan fingerprint density at radius 3 is 2.80 bits per heavy atom. The fraction of sp³-hybridized carbons (Fsp3) is 0.333. The maximum atomic E-state index is 11.7. The second kappa shape index (κ2) is 5.88. The van der Waals surface area contributed by atoms with Crippen molar-refractivity contribution in [3.63, 3.8) is 0 Å². The molecule has 0 saturated heterocycles. The zero-order valence-corrected chi connectivity index (χ0v) is 12.1. The molecule has 106 valence electrons. The van der Waals surface area contributed by atoms with E-state index in [0.29, 0.717) is 6.54 Å². The normalized spacial score (nSPS) is 10.6. The first-order valence-electron chi connectivity index (χ1n) is 6.54. The van der Waals surface area contributed by atoms with Gasteiger partial charge in [0.25, 0.3) is 0 Å². The van der Waals surface area contributed by atoms with Crippen LogP contribution in [0, 0.1) is 6.92 Å². The molecule has 1 heterocycles. The van der Waals surface area contributed by atoms with Crippen LogP contribution in [0.2, 0.25) is 0 Å². The lowest BCUT2D eigenvalue weighted by atomic mass is 9.99. The summed E-state index contributed by atoms with van der Waals surface area (Å²) in [6.45, 7) is 2.83. The summed E-state index contributed by atoms with van der Waals surface area (Å²) in [7, 11) is 3.48. The monoisotopic (exact) mass is 272 g/mol. The zero-order valence-electron chi connectivity index (χ0n) is 12.1. The molecule has 0 aliphatic heterocycles. The molecule has 0 aliphatic carbocycles. The third kappa shape index (κ3) is 2.88. The molecule has 1 amide bonds. The van der Waals surface area contributed by atoms with Gasteiger partial charge >= 0.3 is 0 Å². The molecule has 0 bridgehead atoms. The Morgan fingerprint density at radius 2 is 2.15 bits per heavy atom. The van der Waals surface area contributed by atoms with Crippen molar-refractivity contribution in [3.05, 3.63) is 41.7 Å². The molecule has 2 rings (SSSR count). The summed E-state index contributed by atoms with van der Waals surface area (Å²) >= 11 is 0. The number of nitrogens with two attached hydrogens (primary N) is 1. The molecular weight excluding hydrogens is 252 g/mol. The summed E-state index contributed by atoms with van der Waals surface area (Å²) < 4.78 is 1.66. The lowest BCUT2D eigenvalue weighted by molar-refractivity contribution is -0.129. The third-order valence-corrected chi connectivity index (χ3v) is 3.41. The fourth-order valence-corrected chi connectivity index (χ4v) is 2.09. The van der Waals surface area contributed by atoms with Crippen LogP contribution in [0.1, 0.15) is 11.1 Å². The lowest BCUT2D eigenvalue weighted by Crippen LogP contribution is -2.26. The van der Waals surface area contributed by atoms with E-state index < -0.39 is 0 Å². The fourth-order valence-electron chi connectivity index (χ4n) is 2.09. The van der Waals surface area contributed by atoms with Gasteiger partial charge in [0.2, 0.25) is 5.91 Å². The summed E-state index contributed by atoms with van der Waals surface area (Å²) in [6, 6.07) is 6.06. The first-order valence-corrected chi connectivity index (χ1v) is 6.54. The van der Waals surface area contributed by atoms with E-state index >= 15 is 0 Å². The maximum Gasteiger partial charge on any atom is 0.243 e. The topological polar surface area (TPSA) is 64.1 Å². The largest absolute Gasteiger partial charge is 0.347 e. The molecule has 0 radical (unpaired) electrons. The first-order chi connectivity index (χ1) is 9.52. The van der Waals surface area contributed by atoms with E-state index in [2.05, 4.69) is 12.0 Å². The van der Waals surface area contributed by atoms with Gasteiger partial charge in [-0.2, -0.15) is 5.10 Å². The third-order valence-electron chi connectivity index (χ3n) is 3.41. The first kappa shape index (κ1) is 14.3. The van der Waals surface area contributed by atoms with E-state index in [-0.39, 0.29) is 12.5 Å². The number of hydrogen-bond acceptors (Lipinski definition) is 3. The van der Waals surface area contributed by atoms with Gasteiger partial charge in [-0.1, -0.05) is 18.2 Å². The van der Waals surface area contributed by atoms with Gasteiger partial charge in [-0.3, -0.25) is 9.48 Å². The molecule has 20 heavy (non-hydrogen) atoms. The minimum Gasteiger partial charge on any atom is -0.347 e. The van der Waals surface area contributed by atoms with Crippen molar-refractivity contribution in [1.82, 2.24) is 14.7 Å². The molecule has 5 nitrogen and oxygen atoms in total. The Bertz CT molecular complexity index is 616. The zero-order chi connectivity index (χ0) is 14.7. The molecule has 0 aliphatic rings. The highest BCUT2D eigenvalue weighted by Gasteiger charge is 2.10. The van der Waals surface area contributed by atoms with Crippen molar-refractivity contribution in [1.29, 1.82) is 0 Å². The van der Waals surface area contributed by atoms with Crippen LogP contribution >= 0.6 is 0 Å². The van der Waals surface area contributed by atoms with Crippen LogP contribution < -0.4 is 5.73 Å². The van der Waals surface area contributed by atoms with E-state index in [9.17, 15) is 4.79 Å². The molecular formula is C15H20N4O. The summed E-state index contributed by atoms with van der Waals surface area (Å²) in [5.74, 6) is 0.0204. The molecule has 5 heteroatoms. The average molecular weight is 272 g/mol. The van der Waals surface area contributed by atoms with E-state index in [0.717, 1.165) is 22.3 Å². The van der Waals surface area contributed by atoms with Crippen LogP contribution in [0.15, 0.2) is 30.6 Å². The number of rotatable bonds is 4. The Labute approximate surface area is 119 Å². The number of carbonyl (C=O) groups is 1. The SMILES string of the molecule is Cc1c(CN)cccc1-c1cnn(CC(=O)N(C)C)c1. The summed E-state index contributed by atoms with van der Waals surface area (Å²) in [5.41, 5.74) is 10.1. The number of carbonyl (C=O) groups excluding carboxylic acids is 1.